The Kier molecular flexibility index (Phi) is 6.23. The Morgan fingerprint density at radius 3 is 1.52 bits per heavy atom. The molecule has 1 atom stereocenters. The Bertz CT molecular complexity index is 625. The summed E-state index contributed by atoms with van der Waals surface area (Å²) < 4.78 is 80.0. The maximum atomic E-state index is 12.2. The van der Waals surface area contributed by atoms with E-state index in [0.717, 1.165) is 0 Å². The lowest BCUT2D eigenvalue weighted by Crippen LogP contribution is -2.34. The van der Waals surface area contributed by atoms with E-state index in [1.807, 2.05) is 0 Å². The molecule has 0 spiro atoms. The highest BCUT2D eigenvalue weighted by molar-refractivity contribution is 7.86. The Morgan fingerprint density at radius 1 is 0.739 bits per heavy atom. The van der Waals surface area contributed by atoms with Gasteiger partial charge in [-0.1, -0.05) is 0 Å². The molecular formula is C12H22O8S3. The van der Waals surface area contributed by atoms with Crippen molar-refractivity contribution in [3.05, 3.63) is 0 Å². The topological polar surface area (TPSA) is 135 Å². The van der Waals surface area contributed by atoms with Crippen LogP contribution in [0.1, 0.15) is 51.4 Å². The zero-order valence-electron chi connectivity index (χ0n) is 12.5. The Labute approximate surface area is 139 Å². The van der Waals surface area contributed by atoms with E-state index >= 15 is 0 Å². The van der Waals surface area contributed by atoms with Crippen LogP contribution < -0.4 is 0 Å². The van der Waals surface area contributed by atoms with Gasteiger partial charge in [-0.3, -0.25) is 13.3 Å². The lowest BCUT2D eigenvalue weighted by molar-refractivity contribution is 0.170. The van der Waals surface area contributed by atoms with E-state index in [9.17, 15) is 21.0 Å². The second kappa shape index (κ2) is 7.44. The molecular weight excluding hydrogens is 368 g/mol. The molecule has 0 bridgehead atoms. The fourth-order valence-electron chi connectivity index (χ4n) is 3.16. The van der Waals surface area contributed by atoms with E-state index < -0.39 is 41.8 Å². The predicted octanol–water partition coefficient (Wildman–Crippen LogP) is 1.06. The first-order chi connectivity index (χ1) is 10.6. The molecule has 1 unspecified atom stereocenters. The van der Waals surface area contributed by atoms with Crippen LogP contribution >= 0.6 is 0 Å². The van der Waals surface area contributed by atoms with Gasteiger partial charge >= 0.3 is 0 Å². The van der Waals surface area contributed by atoms with Gasteiger partial charge in [-0.05, 0) is 51.4 Å². The Morgan fingerprint density at radius 2 is 1.13 bits per heavy atom. The molecule has 23 heavy (non-hydrogen) atoms. The molecule has 11 heteroatoms. The standard InChI is InChI=1S/C12H22O8S3/c13-21(10-3-7-12(8-4-10)23(17,18)19)20-9-1-5-11(6-2-9)22(14,15)16/h9-12H,1-8H2,(H,14,15,16)(H,17,18,19). The van der Waals surface area contributed by atoms with Crippen LogP contribution in [-0.2, 0) is 35.5 Å². The molecule has 2 fully saturated rings. The third kappa shape index (κ3) is 5.46. The number of hydrogen-bond acceptors (Lipinski definition) is 6. The fourth-order valence-corrected chi connectivity index (χ4v) is 6.17. The zero-order chi connectivity index (χ0) is 17.3. The van der Waals surface area contributed by atoms with Crippen molar-refractivity contribution < 1.29 is 34.3 Å². The lowest BCUT2D eigenvalue weighted by Gasteiger charge is -2.29. The minimum atomic E-state index is -4.04. The third-order valence-electron chi connectivity index (χ3n) is 4.59. The summed E-state index contributed by atoms with van der Waals surface area (Å²) in [6.45, 7) is 0. The summed E-state index contributed by atoms with van der Waals surface area (Å²) in [5.41, 5.74) is 0. The molecule has 0 aromatic carbocycles. The average molecular weight is 391 g/mol. The van der Waals surface area contributed by atoms with Gasteiger partial charge in [0.2, 0.25) is 0 Å². The van der Waals surface area contributed by atoms with Crippen molar-refractivity contribution in [3.8, 4) is 0 Å². The molecule has 2 aliphatic carbocycles. The van der Waals surface area contributed by atoms with Crippen molar-refractivity contribution in [2.45, 2.75) is 73.2 Å². The molecule has 2 N–H and O–H groups in total. The number of rotatable bonds is 5. The minimum Gasteiger partial charge on any atom is -0.287 e. The van der Waals surface area contributed by atoms with Gasteiger partial charge in [0.05, 0.1) is 21.9 Å². The van der Waals surface area contributed by atoms with Gasteiger partial charge < -0.3 is 0 Å². The second-order valence-corrected chi connectivity index (χ2v) is 11.0. The van der Waals surface area contributed by atoms with Crippen LogP contribution in [0.25, 0.3) is 0 Å². The summed E-state index contributed by atoms with van der Waals surface area (Å²) in [6.07, 6.45) is 2.38. The monoisotopic (exact) mass is 390 g/mol. The summed E-state index contributed by atoms with van der Waals surface area (Å²) in [4.78, 5) is 0. The smallest absolute Gasteiger partial charge is 0.267 e. The summed E-state index contributed by atoms with van der Waals surface area (Å²) >= 11 is -1.57. The molecule has 0 aliphatic heterocycles. The highest BCUT2D eigenvalue weighted by Crippen LogP contribution is 2.30. The van der Waals surface area contributed by atoms with Gasteiger partial charge in [-0.2, -0.15) is 16.8 Å². The molecule has 8 nitrogen and oxygen atoms in total. The maximum absolute atomic E-state index is 12.2. The minimum absolute atomic E-state index is 0.258. The highest BCUT2D eigenvalue weighted by Gasteiger charge is 2.35. The van der Waals surface area contributed by atoms with Crippen LogP contribution in [0.15, 0.2) is 0 Å². The quantitative estimate of drug-likeness (QED) is 0.665. The van der Waals surface area contributed by atoms with Crippen LogP contribution in [0.2, 0.25) is 0 Å². The first-order valence-electron chi connectivity index (χ1n) is 7.57. The molecule has 0 aromatic heterocycles. The van der Waals surface area contributed by atoms with E-state index in [0.29, 0.717) is 25.7 Å². The van der Waals surface area contributed by atoms with Gasteiger partial charge in [0.1, 0.15) is 0 Å². The van der Waals surface area contributed by atoms with E-state index in [1.54, 1.807) is 0 Å². The molecule has 2 saturated carbocycles. The van der Waals surface area contributed by atoms with Crippen LogP contribution in [0.5, 0.6) is 0 Å². The third-order valence-corrected chi connectivity index (χ3v) is 8.69. The molecule has 2 rings (SSSR count). The molecule has 2 aliphatic rings. The molecule has 0 heterocycles. The Hall–Kier alpha value is -0.0700. The molecule has 0 radical (unpaired) electrons. The number of hydrogen-bond donors (Lipinski definition) is 2. The molecule has 136 valence electrons. The van der Waals surface area contributed by atoms with Crippen LogP contribution in [0, 0.1) is 0 Å². The van der Waals surface area contributed by atoms with Crippen molar-refractivity contribution in [1.29, 1.82) is 0 Å². The first-order valence-corrected chi connectivity index (χ1v) is 11.7. The Balaban J connectivity index is 1.78. The van der Waals surface area contributed by atoms with Crippen molar-refractivity contribution in [1.82, 2.24) is 0 Å². The van der Waals surface area contributed by atoms with Crippen molar-refractivity contribution in [2.24, 2.45) is 0 Å². The van der Waals surface area contributed by atoms with E-state index in [4.69, 9.17) is 13.3 Å². The summed E-state index contributed by atoms with van der Waals surface area (Å²) in [6, 6.07) is 0. The van der Waals surface area contributed by atoms with Gasteiger partial charge in [-0.25, -0.2) is 4.21 Å². The fraction of sp³-hybridized carbons (Fsp3) is 1.00. The van der Waals surface area contributed by atoms with Crippen LogP contribution in [0.3, 0.4) is 0 Å². The highest BCUT2D eigenvalue weighted by atomic mass is 32.2. The second-order valence-electron chi connectivity index (χ2n) is 6.18. The van der Waals surface area contributed by atoms with Crippen LogP contribution in [0.4, 0.5) is 0 Å². The van der Waals surface area contributed by atoms with E-state index in [-0.39, 0.29) is 37.0 Å². The molecule has 0 aromatic rings. The summed E-state index contributed by atoms with van der Waals surface area (Å²) in [7, 11) is -8.07. The lowest BCUT2D eigenvalue weighted by atomic mass is 9.97. The van der Waals surface area contributed by atoms with Crippen molar-refractivity contribution >= 4 is 31.3 Å². The van der Waals surface area contributed by atoms with Gasteiger partial charge in [0, 0.05) is 0 Å². The van der Waals surface area contributed by atoms with E-state index in [1.165, 1.54) is 0 Å². The van der Waals surface area contributed by atoms with Gasteiger partial charge in [0.25, 0.3) is 20.2 Å². The van der Waals surface area contributed by atoms with Gasteiger partial charge in [0.15, 0.2) is 11.1 Å². The summed E-state index contributed by atoms with van der Waals surface area (Å²) in [5.74, 6) is 0. The average Bonchev–Trinajstić information content (AvgIpc) is 2.46. The van der Waals surface area contributed by atoms with Gasteiger partial charge in [-0.15, -0.1) is 0 Å². The first kappa shape index (κ1) is 19.3. The van der Waals surface area contributed by atoms with Crippen molar-refractivity contribution in [3.63, 3.8) is 0 Å². The molecule has 0 amide bonds. The van der Waals surface area contributed by atoms with Crippen LogP contribution in [-0.4, -0.2) is 52.0 Å². The van der Waals surface area contributed by atoms with Crippen molar-refractivity contribution in [2.75, 3.05) is 0 Å². The van der Waals surface area contributed by atoms with E-state index in [2.05, 4.69) is 0 Å². The summed E-state index contributed by atoms with van der Waals surface area (Å²) in [5, 5.41) is -1.84. The maximum Gasteiger partial charge on any atom is 0.267 e. The predicted molar refractivity (Wildman–Crippen MR) is 84.4 cm³/mol. The zero-order valence-corrected chi connectivity index (χ0v) is 15.0. The molecule has 0 saturated heterocycles. The normalized spacial score (nSPS) is 34.9. The SMILES string of the molecule is O=S(OC1CCC(S(=O)(=O)O)CC1)C1CCC(S(=O)(=O)O)CC1. The largest absolute Gasteiger partial charge is 0.287 e.